The maximum Gasteiger partial charge on any atom is 0.274 e. The van der Waals surface area contributed by atoms with Gasteiger partial charge in [0.05, 0.1) is 11.5 Å². The van der Waals surface area contributed by atoms with Crippen molar-refractivity contribution in [3.05, 3.63) is 52.1 Å². The summed E-state index contributed by atoms with van der Waals surface area (Å²) in [5.41, 5.74) is 0.239. The molecule has 0 aromatic heterocycles. The van der Waals surface area contributed by atoms with Crippen molar-refractivity contribution in [3.63, 3.8) is 0 Å². The zero-order valence-corrected chi connectivity index (χ0v) is 8.70. The van der Waals surface area contributed by atoms with Crippen LogP contribution in [0, 0.1) is 10.1 Å². The van der Waals surface area contributed by atoms with E-state index in [1.54, 1.807) is 6.07 Å². The van der Waals surface area contributed by atoms with Crippen molar-refractivity contribution in [2.45, 2.75) is 6.54 Å². The van der Waals surface area contributed by atoms with E-state index in [0.717, 1.165) is 17.1 Å². The van der Waals surface area contributed by atoms with E-state index in [9.17, 15) is 19.7 Å². The molecule has 1 aromatic carbocycles. The van der Waals surface area contributed by atoms with Crippen LogP contribution in [0.5, 0.6) is 0 Å². The Hall–Kier alpha value is -2.50. The highest BCUT2D eigenvalue weighted by molar-refractivity contribution is 6.12. The minimum atomic E-state index is -0.534. The summed E-state index contributed by atoms with van der Waals surface area (Å²) < 4.78 is 0. The summed E-state index contributed by atoms with van der Waals surface area (Å²) in [5, 5.41) is 10.8. The first-order valence-corrected chi connectivity index (χ1v) is 4.85. The van der Waals surface area contributed by atoms with Gasteiger partial charge < -0.3 is 0 Å². The Kier molecular flexibility index (Phi) is 2.70. The summed E-state index contributed by atoms with van der Waals surface area (Å²) in [6, 6.07) is 6.03. The molecule has 0 fully saturated rings. The van der Waals surface area contributed by atoms with E-state index in [1.807, 2.05) is 0 Å². The molecule has 0 unspecified atom stereocenters. The zero-order valence-electron chi connectivity index (χ0n) is 8.70. The Labute approximate surface area is 96.3 Å². The van der Waals surface area contributed by atoms with Crippen LogP contribution in [0.25, 0.3) is 0 Å². The lowest BCUT2D eigenvalue weighted by Crippen LogP contribution is -2.29. The van der Waals surface area contributed by atoms with E-state index in [2.05, 4.69) is 0 Å². The van der Waals surface area contributed by atoms with Crippen molar-refractivity contribution >= 4 is 17.5 Å². The van der Waals surface area contributed by atoms with Gasteiger partial charge in [-0.3, -0.25) is 24.6 Å². The predicted molar refractivity (Wildman–Crippen MR) is 57.8 cm³/mol. The van der Waals surface area contributed by atoms with Gasteiger partial charge in [-0.05, 0) is 0 Å². The molecule has 1 aliphatic rings. The van der Waals surface area contributed by atoms with Gasteiger partial charge in [-0.15, -0.1) is 0 Å². The molecule has 1 aromatic rings. The fraction of sp³-hybridized carbons (Fsp3) is 0.0909. The summed E-state index contributed by atoms with van der Waals surface area (Å²) >= 11 is 0. The number of amides is 2. The predicted octanol–water partition coefficient (Wildman–Crippen LogP) is 1.02. The lowest BCUT2D eigenvalue weighted by molar-refractivity contribution is -0.385. The van der Waals surface area contributed by atoms with Crippen molar-refractivity contribution in [3.8, 4) is 0 Å². The molecule has 0 bridgehead atoms. The SMILES string of the molecule is O=C1C=CC(=O)N1Cc1ccccc1[N+](=O)[O-]. The molecule has 6 heteroatoms. The number of nitro benzene ring substituents is 1. The van der Waals surface area contributed by atoms with Gasteiger partial charge >= 0.3 is 0 Å². The number of para-hydroxylation sites is 1. The highest BCUT2D eigenvalue weighted by Gasteiger charge is 2.25. The van der Waals surface area contributed by atoms with E-state index in [-0.39, 0.29) is 12.2 Å². The van der Waals surface area contributed by atoms with Crippen LogP contribution in [0.2, 0.25) is 0 Å². The number of carbonyl (C=O) groups excluding carboxylic acids is 2. The summed E-state index contributed by atoms with van der Waals surface area (Å²) in [6.45, 7) is -0.0815. The Balaban J connectivity index is 2.28. The molecule has 0 atom stereocenters. The van der Waals surface area contributed by atoms with Crippen molar-refractivity contribution in [1.29, 1.82) is 0 Å². The number of rotatable bonds is 3. The van der Waals surface area contributed by atoms with Crippen LogP contribution in [0.1, 0.15) is 5.56 Å². The quantitative estimate of drug-likeness (QED) is 0.442. The molecule has 2 amide bonds. The van der Waals surface area contributed by atoms with Crippen LogP contribution < -0.4 is 0 Å². The van der Waals surface area contributed by atoms with Gasteiger partial charge in [-0.2, -0.15) is 0 Å². The molecule has 0 saturated heterocycles. The molecule has 0 N–H and O–H groups in total. The van der Waals surface area contributed by atoms with Crippen molar-refractivity contribution in [1.82, 2.24) is 4.90 Å². The Morgan fingerprint density at radius 1 is 1.12 bits per heavy atom. The number of nitro groups is 1. The third-order valence-corrected chi connectivity index (χ3v) is 2.42. The van der Waals surface area contributed by atoms with E-state index >= 15 is 0 Å². The molecular weight excluding hydrogens is 224 g/mol. The van der Waals surface area contributed by atoms with Crippen molar-refractivity contribution < 1.29 is 14.5 Å². The van der Waals surface area contributed by atoms with Crippen LogP contribution in [-0.4, -0.2) is 21.6 Å². The monoisotopic (exact) mass is 232 g/mol. The summed E-state index contributed by atoms with van der Waals surface area (Å²) in [5.74, 6) is -0.902. The van der Waals surface area contributed by atoms with Gasteiger partial charge in [0.25, 0.3) is 17.5 Å². The van der Waals surface area contributed by atoms with Crippen LogP contribution in [-0.2, 0) is 16.1 Å². The van der Waals surface area contributed by atoms with Crippen LogP contribution >= 0.6 is 0 Å². The van der Waals surface area contributed by atoms with E-state index in [4.69, 9.17) is 0 Å². The highest BCUT2D eigenvalue weighted by Crippen LogP contribution is 2.20. The summed E-state index contributed by atoms with van der Waals surface area (Å²) in [7, 11) is 0. The van der Waals surface area contributed by atoms with E-state index in [0.29, 0.717) is 5.56 Å². The maximum atomic E-state index is 11.3. The van der Waals surface area contributed by atoms with E-state index in [1.165, 1.54) is 18.2 Å². The number of hydrogen-bond donors (Lipinski definition) is 0. The third kappa shape index (κ3) is 2.05. The first kappa shape index (κ1) is 11.0. The molecule has 0 saturated carbocycles. The molecule has 1 heterocycles. The molecule has 0 spiro atoms. The fourth-order valence-corrected chi connectivity index (χ4v) is 1.58. The summed E-state index contributed by atoms with van der Waals surface area (Å²) in [4.78, 5) is 33.8. The van der Waals surface area contributed by atoms with Gasteiger partial charge in [0.1, 0.15) is 0 Å². The van der Waals surface area contributed by atoms with Gasteiger partial charge in [0.15, 0.2) is 0 Å². The fourth-order valence-electron chi connectivity index (χ4n) is 1.58. The zero-order chi connectivity index (χ0) is 12.4. The lowest BCUT2D eigenvalue weighted by atomic mass is 10.1. The van der Waals surface area contributed by atoms with Gasteiger partial charge in [-0.1, -0.05) is 18.2 Å². The largest absolute Gasteiger partial charge is 0.274 e. The van der Waals surface area contributed by atoms with Crippen LogP contribution in [0.3, 0.4) is 0 Å². The average molecular weight is 232 g/mol. The van der Waals surface area contributed by atoms with Crippen LogP contribution in [0.4, 0.5) is 5.69 Å². The average Bonchev–Trinajstić information content (AvgIpc) is 2.61. The molecule has 0 aliphatic carbocycles. The lowest BCUT2D eigenvalue weighted by Gasteiger charge is -2.13. The second-order valence-corrected chi connectivity index (χ2v) is 3.48. The van der Waals surface area contributed by atoms with Crippen molar-refractivity contribution in [2.75, 3.05) is 0 Å². The Morgan fingerprint density at radius 3 is 2.29 bits per heavy atom. The molecule has 2 rings (SSSR count). The highest BCUT2D eigenvalue weighted by atomic mass is 16.6. The standard InChI is InChI=1S/C11H8N2O4/c14-10-5-6-11(15)12(10)7-8-3-1-2-4-9(8)13(16)17/h1-6H,7H2. The minimum Gasteiger partial charge on any atom is -0.271 e. The number of benzene rings is 1. The molecule has 86 valence electrons. The van der Waals surface area contributed by atoms with Gasteiger partial charge in [-0.25, -0.2) is 0 Å². The first-order chi connectivity index (χ1) is 8.09. The van der Waals surface area contributed by atoms with Crippen LogP contribution in [0.15, 0.2) is 36.4 Å². The second kappa shape index (κ2) is 4.17. The summed E-state index contributed by atoms with van der Waals surface area (Å²) in [6.07, 6.45) is 2.30. The topological polar surface area (TPSA) is 80.5 Å². The van der Waals surface area contributed by atoms with Gasteiger partial charge in [0, 0.05) is 23.8 Å². The molecule has 17 heavy (non-hydrogen) atoms. The second-order valence-electron chi connectivity index (χ2n) is 3.48. The molecule has 6 nitrogen and oxygen atoms in total. The molecule has 1 aliphatic heterocycles. The Bertz CT molecular complexity index is 518. The molecular formula is C11H8N2O4. The van der Waals surface area contributed by atoms with Crippen molar-refractivity contribution in [2.24, 2.45) is 0 Å². The Morgan fingerprint density at radius 2 is 1.71 bits per heavy atom. The normalized spacial score (nSPS) is 14.5. The minimum absolute atomic E-state index is 0.0815. The first-order valence-electron chi connectivity index (χ1n) is 4.85. The number of nitrogens with zero attached hydrogens (tertiary/aromatic N) is 2. The van der Waals surface area contributed by atoms with Gasteiger partial charge in [0.2, 0.25) is 0 Å². The number of carbonyl (C=O) groups is 2. The molecule has 0 radical (unpaired) electrons. The maximum absolute atomic E-state index is 11.3. The number of imide groups is 1. The smallest absolute Gasteiger partial charge is 0.271 e. The van der Waals surface area contributed by atoms with E-state index < -0.39 is 16.7 Å². The number of hydrogen-bond acceptors (Lipinski definition) is 4. The third-order valence-electron chi connectivity index (χ3n) is 2.42.